The minimum atomic E-state index is -3.86. The van der Waals surface area contributed by atoms with Gasteiger partial charge in [0.1, 0.15) is 24.1 Å². The normalized spacial score (nSPS) is 11.9. The van der Waals surface area contributed by atoms with E-state index in [0.717, 1.165) is 16.1 Å². The zero-order valence-electron chi connectivity index (χ0n) is 20.3. The zero-order chi connectivity index (χ0) is 25.3. The van der Waals surface area contributed by atoms with Crippen molar-refractivity contribution in [3.05, 3.63) is 54.1 Å². The molecular formula is C24H33N3O6S. The summed E-state index contributed by atoms with van der Waals surface area (Å²) in [5.41, 5.74) is 1.21. The smallest absolute Gasteiger partial charge is 0.244 e. The van der Waals surface area contributed by atoms with Crippen molar-refractivity contribution in [2.24, 2.45) is 0 Å². The number of nitrogens with zero attached hydrogens (tertiary/aromatic N) is 2. The second-order valence-corrected chi connectivity index (χ2v) is 9.58. The Hall–Kier alpha value is -3.27. The van der Waals surface area contributed by atoms with E-state index in [2.05, 4.69) is 5.32 Å². The second kappa shape index (κ2) is 12.3. The fourth-order valence-corrected chi connectivity index (χ4v) is 4.50. The number of anilines is 1. The molecule has 0 spiro atoms. The molecule has 0 saturated carbocycles. The van der Waals surface area contributed by atoms with Crippen LogP contribution >= 0.6 is 0 Å². The van der Waals surface area contributed by atoms with E-state index in [0.29, 0.717) is 18.6 Å². The van der Waals surface area contributed by atoms with E-state index in [1.807, 2.05) is 37.3 Å². The Morgan fingerprint density at radius 2 is 1.74 bits per heavy atom. The van der Waals surface area contributed by atoms with E-state index in [1.54, 1.807) is 12.1 Å². The third kappa shape index (κ3) is 6.86. The summed E-state index contributed by atoms with van der Waals surface area (Å²) in [6.07, 6.45) is 1.92. The van der Waals surface area contributed by atoms with Crippen LogP contribution in [0.4, 0.5) is 5.69 Å². The highest BCUT2D eigenvalue weighted by atomic mass is 32.2. The fourth-order valence-electron chi connectivity index (χ4n) is 3.65. The monoisotopic (exact) mass is 491 g/mol. The first-order valence-corrected chi connectivity index (χ1v) is 12.8. The summed E-state index contributed by atoms with van der Waals surface area (Å²) in [6, 6.07) is 13.5. The van der Waals surface area contributed by atoms with E-state index >= 15 is 0 Å². The maximum absolute atomic E-state index is 13.5. The van der Waals surface area contributed by atoms with Gasteiger partial charge < -0.3 is 19.7 Å². The van der Waals surface area contributed by atoms with Crippen molar-refractivity contribution in [2.75, 3.05) is 44.9 Å². The van der Waals surface area contributed by atoms with Crippen molar-refractivity contribution in [2.45, 2.75) is 25.8 Å². The molecule has 0 aromatic heterocycles. The van der Waals surface area contributed by atoms with Crippen molar-refractivity contribution in [3.63, 3.8) is 0 Å². The van der Waals surface area contributed by atoms with Gasteiger partial charge in [0, 0.05) is 19.7 Å². The van der Waals surface area contributed by atoms with Crippen LogP contribution in [0.2, 0.25) is 0 Å². The Labute approximate surface area is 201 Å². The number of carbonyl (C=O) groups excluding carboxylic acids is 2. The van der Waals surface area contributed by atoms with Gasteiger partial charge >= 0.3 is 0 Å². The van der Waals surface area contributed by atoms with Gasteiger partial charge in [-0.1, -0.05) is 37.3 Å². The van der Waals surface area contributed by atoms with Crippen molar-refractivity contribution in [1.82, 2.24) is 10.2 Å². The molecule has 2 rings (SSSR count). The molecule has 0 aliphatic rings. The molecule has 0 heterocycles. The SMILES string of the molecule is CC[C@@H](C(=O)NC)N(CCc1ccccc1)C(=O)CN(c1ccc(OC)cc1OC)S(C)(=O)=O. The Balaban J connectivity index is 2.41. The maximum atomic E-state index is 13.5. The number of ether oxygens (including phenoxy) is 2. The lowest BCUT2D eigenvalue weighted by Gasteiger charge is -2.32. The van der Waals surface area contributed by atoms with Gasteiger partial charge in [-0.15, -0.1) is 0 Å². The number of likely N-dealkylation sites (N-methyl/N-ethyl adjacent to an activating group) is 1. The number of methoxy groups -OCH3 is 2. The average Bonchev–Trinajstić information content (AvgIpc) is 2.84. The highest BCUT2D eigenvalue weighted by Gasteiger charge is 2.32. The number of hydrogen-bond acceptors (Lipinski definition) is 6. The van der Waals surface area contributed by atoms with Gasteiger partial charge in [0.25, 0.3) is 0 Å². The van der Waals surface area contributed by atoms with Crippen LogP contribution < -0.4 is 19.1 Å². The van der Waals surface area contributed by atoms with Gasteiger partial charge in [-0.2, -0.15) is 0 Å². The summed E-state index contributed by atoms with van der Waals surface area (Å²) in [7, 11) is 0.545. The summed E-state index contributed by atoms with van der Waals surface area (Å²) in [5.74, 6) is -0.0752. The molecule has 1 N–H and O–H groups in total. The second-order valence-electron chi connectivity index (χ2n) is 7.67. The van der Waals surface area contributed by atoms with Crippen LogP contribution in [0.25, 0.3) is 0 Å². The molecule has 0 fully saturated rings. The first kappa shape index (κ1) is 27.0. The Morgan fingerprint density at radius 1 is 1.06 bits per heavy atom. The molecule has 0 unspecified atom stereocenters. The highest BCUT2D eigenvalue weighted by molar-refractivity contribution is 7.92. The lowest BCUT2D eigenvalue weighted by atomic mass is 10.1. The summed E-state index contributed by atoms with van der Waals surface area (Å²) in [5, 5.41) is 2.60. The molecule has 0 saturated heterocycles. The predicted octanol–water partition coefficient (Wildman–Crippen LogP) is 2.07. The average molecular weight is 492 g/mol. The Kier molecular flexibility index (Phi) is 9.73. The van der Waals surface area contributed by atoms with Crippen molar-refractivity contribution in [1.29, 1.82) is 0 Å². The fraction of sp³-hybridized carbons (Fsp3) is 0.417. The molecule has 186 valence electrons. The van der Waals surface area contributed by atoms with E-state index in [4.69, 9.17) is 9.47 Å². The third-order valence-corrected chi connectivity index (χ3v) is 6.58. The molecule has 0 aliphatic carbocycles. The molecule has 0 radical (unpaired) electrons. The summed E-state index contributed by atoms with van der Waals surface area (Å²) < 4.78 is 37.0. The Morgan fingerprint density at radius 3 is 2.26 bits per heavy atom. The first-order chi connectivity index (χ1) is 16.2. The topological polar surface area (TPSA) is 105 Å². The van der Waals surface area contributed by atoms with Crippen molar-refractivity contribution >= 4 is 27.5 Å². The van der Waals surface area contributed by atoms with Gasteiger partial charge in [0.15, 0.2) is 0 Å². The molecule has 10 heteroatoms. The number of carbonyl (C=O) groups is 2. The molecule has 2 aromatic rings. The molecule has 34 heavy (non-hydrogen) atoms. The number of benzene rings is 2. The van der Waals surface area contributed by atoms with Crippen LogP contribution in [-0.2, 0) is 26.0 Å². The molecule has 9 nitrogen and oxygen atoms in total. The van der Waals surface area contributed by atoms with Crippen molar-refractivity contribution in [3.8, 4) is 11.5 Å². The molecule has 0 aliphatic heterocycles. The molecule has 0 bridgehead atoms. The lowest BCUT2D eigenvalue weighted by molar-refractivity contribution is -0.139. The van der Waals surface area contributed by atoms with E-state index in [-0.39, 0.29) is 23.9 Å². The predicted molar refractivity (Wildman–Crippen MR) is 132 cm³/mol. The lowest BCUT2D eigenvalue weighted by Crippen LogP contribution is -2.52. The zero-order valence-corrected chi connectivity index (χ0v) is 21.1. The van der Waals surface area contributed by atoms with E-state index < -0.39 is 28.5 Å². The highest BCUT2D eigenvalue weighted by Crippen LogP contribution is 2.33. The van der Waals surface area contributed by atoms with Crippen LogP contribution in [-0.4, -0.2) is 71.8 Å². The standard InChI is InChI=1S/C24H33N3O6S/c1-6-20(24(29)25-2)26(15-14-18-10-8-7-9-11-18)23(28)17-27(34(5,30)31)21-13-12-19(32-3)16-22(21)33-4/h7-13,16,20H,6,14-15,17H2,1-5H3,(H,25,29)/t20-/m0/s1. The summed E-state index contributed by atoms with van der Waals surface area (Å²) >= 11 is 0. The van der Waals surface area contributed by atoms with Gasteiger partial charge in [-0.25, -0.2) is 8.42 Å². The van der Waals surface area contributed by atoms with Crippen LogP contribution in [0.3, 0.4) is 0 Å². The molecule has 2 amide bonds. The van der Waals surface area contributed by atoms with E-state index in [9.17, 15) is 18.0 Å². The van der Waals surface area contributed by atoms with Gasteiger partial charge in [-0.3, -0.25) is 13.9 Å². The largest absolute Gasteiger partial charge is 0.497 e. The van der Waals surface area contributed by atoms with Crippen LogP contribution in [0.1, 0.15) is 18.9 Å². The maximum Gasteiger partial charge on any atom is 0.244 e. The van der Waals surface area contributed by atoms with Crippen LogP contribution in [0.15, 0.2) is 48.5 Å². The van der Waals surface area contributed by atoms with E-state index in [1.165, 1.54) is 32.2 Å². The number of amides is 2. The first-order valence-electron chi connectivity index (χ1n) is 10.9. The molecule has 1 atom stereocenters. The minimum Gasteiger partial charge on any atom is -0.497 e. The van der Waals surface area contributed by atoms with Crippen molar-refractivity contribution < 1.29 is 27.5 Å². The van der Waals surface area contributed by atoms with Gasteiger partial charge in [0.05, 0.1) is 26.2 Å². The number of rotatable bonds is 12. The summed E-state index contributed by atoms with van der Waals surface area (Å²) in [6.45, 7) is 1.58. The number of nitrogens with one attached hydrogen (secondary N) is 1. The third-order valence-electron chi connectivity index (χ3n) is 5.45. The van der Waals surface area contributed by atoms with Crippen LogP contribution in [0, 0.1) is 0 Å². The molecule has 2 aromatic carbocycles. The molecular weight excluding hydrogens is 458 g/mol. The quantitative estimate of drug-likeness (QED) is 0.487. The number of sulfonamides is 1. The van der Waals surface area contributed by atoms with Crippen LogP contribution in [0.5, 0.6) is 11.5 Å². The van der Waals surface area contributed by atoms with Gasteiger partial charge in [-0.05, 0) is 30.5 Å². The minimum absolute atomic E-state index is 0.204. The number of hydrogen-bond donors (Lipinski definition) is 1. The Bertz CT molecular complexity index is 1080. The van der Waals surface area contributed by atoms with Gasteiger partial charge in [0.2, 0.25) is 21.8 Å². The summed E-state index contributed by atoms with van der Waals surface area (Å²) in [4.78, 5) is 27.5.